The molecular formula is C14H12N4. The van der Waals surface area contributed by atoms with Gasteiger partial charge in [-0.3, -0.25) is 0 Å². The van der Waals surface area contributed by atoms with Gasteiger partial charge in [0.1, 0.15) is 5.65 Å². The molecule has 1 aromatic carbocycles. The lowest BCUT2D eigenvalue weighted by atomic mass is 10.2. The highest BCUT2D eigenvalue weighted by molar-refractivity contribution is 6.05. The van der Waals surface area contributed by atoms with Crippen LogP contribution in [0.2, 0.25) is 0 Å². The Bertz CT molecular complexity index is 673. The Morgan fingerprint density at radius 1 is 0.889 bits per heavy atom. The van der Waals surface area contributed by atoms with Crippen LogP contribution < -0.4 is 0 Å². The lowest BCUT2D eigenvalue weighted by Gasteiger charge is -1.87. The predicted molar refractivity (Wildman–Crippen MR) is 72.2 cm³/mol. The highest BCUT2D eigenvalue weighted by Gasteiger charge is 2.01. The summed E-state index contributed by atoms with van der Waals surface area (Å²) in [5.74, 6) is 0. The van der Waals surface area contributed by atoms with Crippen LogP contribution in [0.4, 0.5) is 0 Å². The standard InChI is InChI=1S/C11H8N2.C3H4N2/c1-2-6-10-8(4-1)9-5-3-7-12-11(9)13-10;1-2-5-3-4-1/h1-7H,(H,12,13);1-3H,(H,4,5). The van der Waals surface area contributed by atoms with Crippen molar-refractivity contribution >= 4 is 21.9 Å². The summed E-state index contributed by atoms with van der Waals surface area (Å²) in [6, 6.07) is 12.3. The minimum atomic E-state index is 0.962. The topological polar surface area (TPSA) is 57.4 Å². The van der Waals surface area contributed by atoms with Crippen molar-refractivity contribution in [2.24, 2.45) is 0 Å². The van der Waals surface area contributed by atoms with Crippen LogP contribution in [0.5, 0.6) is 0 Å². The number of benzene rings is 1. The van der Waals surface area contributed by atoms with Gasteiger partial charge in [0.25, 0.3) is 0 Å². The van der Waals surface area contributed by atoms with Gasteiger partial charge in [-0.05, 0) is 18.2 Å². The molecule has 88 valence electrons. The monoisotopic (exact) mass is 236 g/mol. The average molecular weight is 236 g/mol. The van der Waals surface area contributed by atoms with Crippen LogP contribution in [0.1, 0.15) is 0 Å². The Balaban J connectivity index is 0.000000169. The molecular weight excluding hydrogens is 224 g/mol. The zero-order chi connectivity index (χ0) is 12.2. The van der Waals surface area contributed by atoms with Crippen molar-refractivity contribution in [1.29, 1.82) is 0 Å². The number of imidazole rings is 1. The molecule has 0 aliphatic rings. The van der Waals surface area contributed by atoms with E-state index in [1.54, 1.807) is 24.9 Å². The van der Waals surface area contributed by atoms with Gasteiger partial charge in [0, 0.05) is 34.9 Å². The second kappa shape index (κ2) is 4.71. The number of pyridine rings is 1. The molecule has 4 heteroatoms. The number of H-pyrrole nitrogens is 2. The number of para-hydroxylation sites is 1. The van der Waals surface area contributed by atoms with Crippen LogP contribution >= 0.6 is 0 Å². The van der Waals surface area contributed by atoms with Gasteiger partial charge in [-0.15, -0.1) is 0 Å². The van der Waals surface area contributed by atoms with E-state index in [1.165, 1.54) is 10.8 Å². The van der Waals surface area contributed by atoms with Crippen LogP contribution in [-0.2, 0) is 0 Å². The second-order valence-electron chi connectivity index (χ2n) is 3.83. The number of nitrogens with one attached hydrogen (secondary N) is 2. The summed E-state index contributed by atoms with van der Waals surface area (Å²) in [5.41, 5.74) is 2.11. The fourth-order valence-electron chi connectivity index (χ4n) is 1.89. The molecule has 0 fully saturated rings. The number of fused-ring (bicyclic) bond motifs is 3. The Morgan fingerprint density at radius 2 is 1.78 bits per heavy atom. The molecule has 18 heavy (non-hydrogen) atoms. The second-order valence-corrected chi connectivity index (χ2v) is 3.83. The highest BCUT2D eigenvalue weighted by atomic mass is 14.8. The molecule has 0 saturated carbocycles. The first-order chi connectivity index (χ1) is 8.95. The number of rotatable bonds is 0. The first-order valence-electron chi connectivity index (χ1n) is 5.69. The summed E-state index contributed by atoms with van der Waals surface area (Å²) in [6.45, 7) is 0. The van der Waals surface area contributed by atoms with Crippen molar-refractivity contribution in [3.63, 3.8) is 0 Å². The van der Waals surface area contributed by atoms with Gasteiger partial charge in [-0.1, -0.05) is 18.2 Å². The molecule has 0 saturated heterocycles. The van der Waals surface area contributed by atoms with Crippen LogP contribution in [0.25, 0.3) is 21.9 Å². The van der Waals surface area contributed by atoms with E-state index in [-0.39, 0.29) is 0 Å². The van der Waals surface area contributed by atoms with E-state index in [4.69, 9.17) is 0 Å². The van der Waals surface area contributed by atoms with Crippen molar-refractivity contribution in [2.75, 3.05) is 0 Å². The third-order valence-corrected chi connectivity index (χ3v) is 2.68. The van der Waals surface area contributed by atoms with E-state index in [1.807, 2.05) is 18.2 Å². The van der Waals surface area contributed by atoms with Gasteiger partial charge >= 0.3 is 0 Å². The smallest absolute Gasteiger partial charge is 0.138 e. The molecule has 0 unspecified atom stereocenters. The van der Waals surface area contributed by atoms with Crippen molar-refractivity contribution in [3.8, 4) is 0 Å². The maximum atomic E-state index is 4.26. The Labute approximate surface area is 104 Å². The normalized spacial score (nSPS) is 10.2. The molecule has 0 amide bonds. The van der Waals surface area contributed by atoms with Crippen molar-refractivity contribution in [2.45, 2.75) is 0 Å². The summed E-state index contributed by atoms with van der Waals surface area (Å²) < 4.78 is 0. The van der Waals surface area contributed by atoms with E-state index in [9.17, 15) is 0 Å². The summed E-state index contributed by atoms with van der Waals surface area (Å²) >= 11 is 0. The van der Waals surface area contributed by atoms with E-state index in [0.29, 0.717) is 0 Å². The summed E-state index contributed by atoms with van der Waals surface area (Å²) in [6.07, 6.45) is 6.89. The SMILES string of the molecule is c1c[nH]cn1.c1ccc2c(c1)[nH]c1ncccc12. The molecule has 0 aliphatic heterocycles. The number of nitrogens with zero attached hydrogens (tertiary/aromatic N) is 2. The molecule has 2 N–H and O–H groups in total. The zero-order valence-corrected chi connectivity index (χ0v) is 9.67. The summed E-state index contributed by atoms with van der Waals surface area (Å²) in [5, 5.41) is 2.43. The maximum absolute atomic E-state index is 4.26. The molecule has 0 radical (unpaired) electrons. The van der Waals surface area contributed by atoms with Crippen molar-refractivity contribution in [3.05, 3.63) is 61.3 Å². The quantitative estimate of drug-likeness (QED) is 0.493. The van der Waals surface area contributed by atoms with Gasteiger partial charge in [-0.25, -0.2) is 9.97 Å². The largest absolute Gasteiger partial charge is 0.351 e. The highest BCUT2D eigenvalue weighted by Crippen LogP contribution is 2.22. The average Bonchev–Trinajstić information content (AvgIpc) is 3.10. The number of hydrogen-bond donors (Lipinski definition) is 2. The molecule has 4 nitrogen and oxygen atoms in total. The van der Waals surface area contributed by atoms with Gasteiger partial charge in [0.05, 0.1) is 6.33 Å². The van der Waals surface area contributed by atoms with Crippen molar-refractivity contribution < 1.29 is 0 Å². The number of aromatic amines is 2. The molecule has 4 rings (SSSR count). The van der Waals surface area contributed by atoms with Gasteiger partial charge < -0.3 is 9.97 Å². The maximum Gasteiger partial charge on any atom is 0.138 e. The van der Waals surface area contributed by atoms with Crippen LogP contribution in [0, 0.1) is 0 Å². The molecule has 0 atom stereocenters. The van der Waals surface area contributed by atoms with Crippen LogP contribution in [0.3, 0.4) is 0 Å². The Morgan fingerprint density at radius 3 is 2.56 bits per heavy atom. The molecule has 0 spiro atoms. The lowest BCUT2D eigenvalue weighted by Crippen LogP contribution is -1.71. The van der Waals surface area contributed by atoms with Crippen LogP contribution in [-0.4, -0.2) is 19.9 Å². The van der Waals surface area contributed by atoms with E-state index in [2.05, 4.69) is 38.1 Å². The van der Waals surface area contributed by atoms with E-state index >= 15 is 0 Å². The lowest BCUT2D eigenvalue weighted by molar-refractivity contribution is 1.31. The Kier molecular flexibility index (Phi) is 2.75. The van der Waals surface area contributed by atoms with Gasteiger partial charge in [0.15, 0.2) is 0 Å². The molecule has 4 aromatic rings. The third kappa shape index (κ3) is 1.96. The first kappa shape index (κ1) is 10.5. The fourth-order valence-corrected chi connectivity index (χ4v) is 1.89. The zero-order valence-electron chi connectivity index (χ0n) is 9.67. The first-order valence-corrected chi connectivity index (χ1v) is 5.69. The third-order valence-electron chi connectivity index (χ3n) is 2.68. The number of aromatic nitrogens is 4. The minimum Gasteiger partial charge on any atom is -0.351 e. The van der Waals surface area contributed by atoms with Gasteiger partial charge in [0.2, 0.25) is 0 Å². The number of hydrogen-bond acceptors (Lipinski definition) is 2. The molecule has 0 bridgehead atoms. The summed E-state index contributed by atoms with van der Waals surface area (Å²) in [7, 11) is 0. The fraction of sp³-hybridized carbons (Fsp3) is 0. The Hall–Kier alpha value is -2.62. The summed E-state index contributed by atoms with van der Waals surface area (Å²) in [4.78, 5) is 13.9. The molecule has 3 heterocycles. The van der Waals surface area contributed by atoms with E-state index < -0.39 is 0 Å². The molecule has 3 aromatic heterocycles. The van der Waals surface area contributed by atoms with Crippen molar-refractivity contribution in [1.82, 2.24) is 19.9 Å². The predicted octanol–water partition coefficient (Wildman–Crippen LogP) is 3.13. The van der Waals surface area contributed by atoms with Gasteiger partial charge in [-0.2, -0.15) is 0 Å². The minimum absolute atomic E-state index is 0.962. The van der Waals surface area contributed by atoms with E-state index in [0.717, 1.165) is 11.2 Å². The van der Waals surface area contributed by atoms with Crippen LogP contribution in [0.15, 0.2) is 61.3 Å². The molecule has 0 aliphatic carbocycles.